The number of hydrogen-bond acceptors (Lipinski definition) is 1. The minimum Gasteiger partial charge on any atom is -0.126 e. The Hall–Kier alpha value is -0.140. The molecule has 0 spiro atoms. The normalized spacial score (nSPS) is 25.7. The van der Waals surface area contributed by atoms with Crippen molar-refractivity contribution in [3.63, 3.8) is 0 Å². The zero-order valence-corrected chi connectivity index (χ0v) is 10.4. The molecule has 0 nitrogen and oxygen atoms in total. The molecule has 2 heteroatoms. The second kappa shape index (κ2) is 5.81. The first-order chi connectivity index (χ1) is 7.34. The van der Waals surface area contributed by atoms with Crippen molar-refractivity contribution in [2.24, 2.45) is 5.92 Å². The maximum atomic E-state index is 6.10. The number of halogens is 1. The first-order valence-corrected chi connectivity index (χ1v) is 7.08. The lowest BCUT2D eigenvalue weighted by atomic mass is 10.1. The maximum Gasteiger partial charge on any atom is 0.0338 e. The summed E-state index contributed by atoms with van der Waals surface area (Å²) in [4.78, 5) is 1.39. The van der Waals surface area contributed by atoms with E-state index in [0.717, 1.165) is 5.92 Å². The third-order valence-electron chi connectivity index (χ3n) is 3.02. The second-order valence-electron chi connectivity index (χ2n) is 4.23. The van der Waals surface area contributed by atoms with Crippen LogP contribution >= 0.6 is 23.4 Å². The van der Waals surface area contributed by atoms with Crippen LogP contribution in [0.1, 0.15) is 25.7 Å². The Labute approximate surface area is 101 Å². The summed E-state index contributed by atoms with van der Waals surface area (Å²) in [5.74, 6) is 2.11. The van der Waals surface area contributed by atoms with Crippen molar-refractivity contribution in [2.45, 2.75) is 36.0 Å². The second-order valence-corrected chi connectivity index (χ2v) is 6.01. The highest BCUT2D eigenvalue weighted by molar-refractivity contribution is 7.99. The number of thioether (sulfide) groups is 1. The molecule has 2 rings (SSSR count). The topological polar surface area (TPSA) is 0 Å². The van der Waals surface area contributed by atoms with Crippen LogP contribution in [0, 0.1) is 5.92 Å². The molecule has 1 aliphatic rings. The molecule has 15 heavy (non-hydrogen) atoms. The number of benzene rings is 1. The summed E-state index contributed by atoms with van der Waals surface area (Å²) >= 11 is 8.06. The van der Waals surface area contributed by atoms with E-state index >= 15 is 0 Å². The number of hydrogen-bond donors (Lipinski definition) is 0. The molecule has 0 heterocycles. The smallest absolute Gasteiger partial charge is 0.0338 e. The number of alkyl halides is 1. The molecule has 0 bridgehead atoms. The molecule has 1 aromatic carbocycles. The lowest BCUT2D eigenvalue weighted by molar-refractivity contribution is 0.536. The highest BCUT2D eigenvalue weighted by Crippen LogP contribution is 2.33. The molecule has 1 aromatic rings. The summed E-state index contributed by atoms with van der Waals surface area (Å²) in [6.07, 6.45) is 5.12. The number of rotatable bonds is 4. The van der Waals surface area contributed by atoms with Crippen LogP contribution in [0.3, 0.4) is 0 Å². The monoisotopic (exact) mass is 240 g/mol. The highest BCUT2D eigenvalue weighted by atomic mass is 35.5. The van der Waals surface area contributed by atoms with Gasteiger partial charge in [-0.1, -0.05) is 18.2 Å². The van der Waals surface area contributed by atoms with E-state index in [1.807, 2.05) is 11.8 Å². The van der Waals surface area contributed by atoms with E-state index < -0.39 is 0 Å². The minimum absolute atomic E-state index is 0.455. The Kier molecular flexibility index (Phi) is 4.40. The fourth-order valence-corrected chi connectivity index (χ4v) is 3.55. The fraction of sp³-hybridized carbons (Fsp3) is 0.538. The Morgan fingerprint density at radius 3 is 2.67 bits per heavy atom. The van der Waals surface area contributed by atoms with Crippen molar-refractivity contribution in [3.8, 4) is 0 Å². The highest BCUT2D eigenvalue weighted by Gasteiger charge is 2.22. The lowest BCUT2D eigenvalue weighted by Gasteiger charge is -2.08. The van der Waals surface area contributed by atoms with Gasteiger partial charge in [0.15, 0.2) is 0 Å². The summed E-state index contributed by atoms with van der Waals surface area (Å²) in [6, 6.07) is 10.6. The van der Waals surface area contributed by atoms with Gasteiger partial charge in [0, 0.05) is 10.3 Å². The third kappa shape index (κ3) is 3.73. The van der Waals surface area contributed by atoms with Gasteiger partial charge < -0.3 is 0 Å². The van der Waals surface area contributed by atoms with Gasteiger partial charge in [0.05, 0.1) is 0 Å². The van der Waals surface area contributed by atoms with E-state index in [-0.39, 0.29) is 0 Å². The molecule has 0 radical (unpaired) electrons. The molecule has 1 saturated carbocycles. The first kappa shape index (κ1) is 11.3. The van der Waals surface area contributed by atoms with E-state index in [4.69, 9.17) is 11.6 Å². The Balaban J connectivity index is 1.67. The lowest BCUT2D eigenvalue weighted by Crippen LogP contribution is -1.97. The van der Waals surface area contributed by atoms with Crippen molar-refractivity contribution in [1.29, 1.82) is 0 Å². The van der Waals surface area contributed by atoms with Crippen LogP contribution < -0.4 is 0 Å². The largest absolute Gasteiger partial charge is 0.126 e. The van der Waals surface area contributed by atoms with Crippen LogP contribution in [0.2, 0.25) is 0 Å². The van der Waals surface area contributed by atoms with Gasteiger partial charge in [-0.25, -0.2) is 0 Å². The van der Waals surface area contributed by atoms with E-state index in [1.54, 1.807) is 0 Å². The Bertz CT molecular complexity index is 286. The summed E-state index contributed by atoms with van der Waals surface area (Å²) in [7, 11) is 0. The van der Waals surface area contributed by atoms with E-state index in [2.05, 4.69) is 30.3 Å². The van der Waals surface area contributed by atoms with Crippen LogP contribution in [0.25, 0.3) is 0 Å². The fourth-order valence-electron chi connectivity index (χ4n) is 2.14. The predicted molar refractivity (Wildman–Crippen MR) is 68.8 cm³/mol. The molecule has 2 unspecified atom stereocenters. The van der Waals surface area contributed by atoms with Crippen LogP contribution in [-0.2, 0) is 0 Å². The third-order valence-corrected chi connectivity index (χ3v) is 4.46. The first-order valence-electron chi connectivity index (χ1n) is 5.66. The average molecular weight is 241 g/mol. The summed E-state index contributed by atoms with van der Waals surface area (Å²) in [6.45, 7) is 0. The van der Waals surface area contributed by atoms with E-state index in [0.29, 0.717) is 5.38 Å². The molecular formula is C13H17ClS. The van der Waals surface area contributed by atoms with Gasteiger partial charge in [-0.2, -0.15) is 0 Å². The molecule has 0 aliphatic heterocycles. The van der Waals surface area contributed by atoms with Crippen molar-refractivity contribution < 1.29 is 0 Å². The molecular weight excluding hydrogens is 224 g/mol. The molecule has 2 atom stereocenters. The van der Waals surface area contributed by atoms with Gasteiger partial charge in [0.2, 0.25) is 0 Å². The minimum atomic E-state index is 0.455. The van der Waals surface area contributed by atoms with Gasteiger partial charge in [-0.05, 0) is 49.5 Å². The van der Waals surface area contributed by atoms with Gasteiger partial charge in [-0.3, -0.25) is 0 Å². The van der Waals surface area contributed by atoms with Crippen LogP contribution in [0.4, 0.5) is 0 Å². The van der Waals surface area contributed by atoms with Crippen molar-refractivity contribution >= 4 is 23.4 Å². The molecule has 1 aliphatic carbocycles. The van der Waals surface area contributed by atoms with Gasteiger partial charge in [0.25, 0.3) is 0 Å². The molecule has 0 aromatic heterocycles. The van der Waals surface area contributed by atoms with E-state index in [1.165, 1.54) is 36.3 Å². The molecule has 0 N–H and O–H groups in total. The van der Waals surface area contributed by atoms with Crippen LogP contribution in [0.5, 0.6) is 0 Å². The Morgan fingerprint density at radius 2 is 2.00 bits per heavy atom. The molecule has 0 saturated heterocycles. The van der Waals surface area contributed by atoms with Gasteiger partial charge >= 0.3 is 0 Å². The molecule has 0 amide bonds. The standard InChI is InChI=1S/C13H17ClS/c14-12-7-6-11(10-12)8-9-15-13-4-2-1-3-5-13/h1-5,11-12H,6-10H2. The zero-order valence-electron chi connectivity index (χ0n) is 8.86. The average Bonchev–Trinajstić information content (AvgIpc) is 2.66. The Morgan fingerprint density at radius 1 is 1.20 bits per heavy atom. The van der Waals surface area contributed by atoms with Gasteiger partial charge in [0.1, 0.15) is 0 Å². The van der Waals surface area contributed by atoms with Crippen LogP contribution in [0.15, 0.2) is 35.2 Å². The quantitative estimate of drug-likeness (QED) is 0.549. The molecule has 82 valence electrons. The predicted octanol–water partition coefficient (Wildman–Crippen LogP) is 4.58. The summed E-state index contributed by atoms with van der Waals surface area (Å²) in [5.41, 5.74) is 0. The van der Waals surface area contributed by atoms with Gasteiger partial charge in [-0.15, -0.1) is 23.4 Å². The van der Waals surface area contributed by atoms with Crippen LogP contribution in [-0.4, -0.2) is 11.1 Å². The molecule has 1 fully saturated rings. The summed E-state index contributed by atoms with van der Waals surface area (Å²) < 4.78 is 0. The zero-order chi connectivity index (χ0) is 10.5. The van der Waals surface area contributed by atoms with Crippen molar-refractivity contribution in [3.05, 3.63) is 30.3 Å². The maximum absolute atomic E-state index is 6.10. The van der Waals surface area contributed by atoms with Crippen molar-refractivity contribution in [1.82, 2.24) is 0 Å². The SMILES string of the molecule is ClC1CCC(CCSc2ccccc2)C1. The van der Waals surface area contributed by atoms with E-state index in [9.17, 15) is 0 Å². The summed E-state index contributed by atoms with van der Waals surface area (Å²) in [5, 5.41) is 0.455. The van der Waals surface area contributed by atoms with Crippen molar-refractivity contribution in [2.75, 3.05) is 5.75 Å².